The van der Waals surface area contributed by atoms with Crippen LogP contribution < -0.4 is 5.32 Å². The third kappa shape index (κ3) is 4.74. The number of halogens is 1. The van der Waals surface area contributed by atoms with Gasteiger partial charge in [-0.2, -0.15) is 0 Å². The number of piperidine rings is 1. The molecule has 2 fully saturated rings. The normalized spacial score (nSPS) is 17.8. The second kappa shape index (κ2) is 9.10. The second-order valence-electron chi connectivity index (χ2n) is 8.25. The van der Waals surface area contributed by atoms with Crippen molar-refractivity contribution in [2.45, 2.75) is 44.2 Å². The fraction of sp³-hybridized carbons (Fsp3) is 0.375. The van der Waals surface area contributed by atoms with E-state index in [-0.39, 0.29) is 24.4 Å². The van der Waals surface area contributed by atoms with E-state index in [9.17, 15) is 14.4 Å². The minimum absolute atomic E-state index is 0.112. The summed E-state index contributed by atoms with van der Waals surface area (Å²) in [6, 6.07) is 16.9. The number of amides is 4. The zero-order valence-electron chi connectivity index (χ0n) is 17.4. The summed E-state index contributed by atoms with van der Waals surface area (Å²) in [5.41, 5.74) is 1.17. The molecular formula is C24H26ClN3O3. The summed E-state index contributed by atoms with van der Waals surface area (Å²) in [4.78, 5) is 41.3. The predicted octanol–water partition coefficient (Wildman–Crippen LogP) is 3.78. The summed E-state index contributed by atoms with van der Waals surface area (Å²) in [6.07, 6.45) is 3.05. The third-order valence-electron chi connectivity index (χ3n) is 6.17. The van der Waals surface area contributed by atoms with Gasteiger partial charge in [0.15, 0.2) is 0 Å². The zero-order valence-corrected chi connectivity index (χ0v) is 18.1. The number of hydrogen-bond acceptors (Lipinski definition) is 3. The fourth-order valence-electron chi connectivity index (χ4n) is 4.32. The van der Waals surface area contributed by atoms with Gasteiger partial charge in [-0.15, -0.1) is 0 Å². The summed E-state index contributed by atoms with van der Waals surface area (Å²) < 4.78 is 0. The highest BCUT2D eigenvalue weighted by atomic mass is 35.5. The van der Waals surface area contributed by atoms with E-state index in [1.807, 2.05) is 35.2 Å². The summed E-state index contributed by atoms with van der Waals surface area (Å²) in [5.74, 6) is -0.0933. The van der Waals surface area contributed by atoms with Crippen molar-refractivity contribution in [1.29, 1.82) is 0 Å². The summed E-state index contributed by atoms with van der Waals surface area (Å²) in [7, 11) is 0. The van der Waals surface area contributed by atoms with Gasteiger partial charge in [0, 0.05) is 24.5 Å². The van der Waals surface area contributed by atoms with Crippen molar-refractivity contribution in [2.24, 2.45) is 0 Å². The Morgan fingerprint density at radius 1 is 0.968 bits per heavy atom. The van der Waals surface area contributed by atoms with Crippen molar-refractivity contribution in [1.82, 2.24) is 15.1 Å². The number of likely N-dealkylation sites (tertiary alicyclic amines) is 1. The monoisotopic (exact) mass is 439 g/mol. The summed E-state index contributed by atoms with van der Waals surface area (Å²) >= 11 is 5.91. The smallest absolute Gasteiger partial charge is 0.325 e. The molecule has 2 aromatic rings. The van der Waals surface area contributed by atoms with Crippen molar-refractivity contribution in [2.75, 3.05) is 13.1 Å². The Kier molecular flexibility index (Phi) is 6.28. The van der Waals surface area contributed by atoms with Crippen LogP contribution in [0.25, 0.3) is 0 Å². The van der Waals surface area contributed by atoms with Crippen molar-refractivity contribution >= 4 is 29.4 Å². The van der Waals surface area contributed by atoms with E-state index in [0.717, 1.165) is 18.4 Å². The SMILES string of the molecule is O=C(CCCc1ccccc1)N1CCC2(CC1)NC(=O)N(Cc1ccc(Cl)cc1)C2=O. The first-order valence-electron chi connectivity index (χ1n) is 10.7. The Hall–Kier alpha value is -2.86. The van der Waals surface area contributed by atoms with Crippen molar-refractivity contribution in [3.05, 3.63) is 70.7 Å². The Morgan fingerprint density at radius 2 is 1.65 bits per heavy atom. The van der Waals surface area contributed by atoms with Gasteiger partial charge in [-0.05, 0) is 48.9 Å². The van der Waals surface area contributed by atoms with Gasteiger partial charge >= 0.3 is 6.03 Å². The molecule has 2 saturated heterocycles. The molecule has 0 aromatic heterocycles. The zero-order chi connectivity index (χ0) is 21.8. The lowest BCUT2D eigenvalue weighted by molar-refractivity contribution is -0.138. The topological polar surface area (TPSA) is 69.7 Å². The van der Waals surface area contributed by atoms with Gasteiger partial charge in [0.05, 0.1) is 6.54 Å². The molecule has 0 radical (unpaired) electrons. The first-order valence-corrected chi connectivity index (χ1v) is 11.0. The molecule has 2 aromatic carbocycles. The lowest BCUT2D eigenvalue weighted by Crippen LogP contribution is -2.55. The highest BCUT2D eigenvalue weighted by Crippen LogP contribution is 2.31. The second-order valence-corrected chi connectivity index (χ2v) is 8.69. The van der Waals surface area contributed by atoms with Crippen LogP contribution in [0.4, 0.5) is 4.79 Å². The van der Waals surface area contributed by atoms with Gasteiger partial charge in [-0.25, -0.2) is 4.79 Å². The van der Waals surface area contributed by atoms with Crippen molar-refractivity contribution in [3.63, 3.8) is 0 Å². The lowest BCUT2D eigenvalue weighted by atomic mass is 9.87. The van der Waals surface area contributed by atoms with Crippen LogP contribution in [0, 0.1) is 0 Å². The standard InChI is InChI=1S/C24H26ClN3O3/c25-20-11-9-19(10-12-20)17-28-22(30)24(26-23(28)31)13-15-27(16-14-24)21(29)8-4-7-18-5-2-1-3-6-18/h1-3,5-6,9-12H,4,7-8,13-17H2,(H,26,31). The van der Waals surface area contributed by atoms with Crippen LogP contribution in [0.1, 0.15) is 36.8 Å². The molecule has 0 unspecified atom stereocenters. The van der Waals surface area contributed by atoms with Gasteiger partial charge in [0.2, 0.25) is 5.91 Å². The van der Waals surface area contributed by atoms with Crippen molar-refractivity contribution in [3.8, 4) is 0 Å². The molecule has 7 heteroatoms. The highest BCUT2D eigenvalue weighted by Gasteiger charge is 2.52. The minimum atomic E-state index is -0.898. The van der Waals surface area contributed by atoms with Crippen molar-refractivity contribution < 1.29 is 14.4 Å². The molecule has 2 heterocycles. The number of carbonyl (C=O) groups excluding carboxylic acids is 3. The summed E-state index contributed by atoms with van der Waals surface area (Å²) in [6.45, 7) is 1.17. The number of hydrogen-bond donors (Lipinski definition) is 1. The van der Waals surface area contributed by atoms with Gasteiger partial charge < -0.3 is 10.2 Å². The number of imide groups is 1. The van der Waals surface area contributed by atoms with Crippen LogP contribution in [0.15, 0.2) is 54.6 Å². The molecule has 0 atom stereocenters. The molecule has 162 valence electrons. The first kappa shape index (κ1) is 21.4. The number of carbonyl (C=O) groups is 3. The van der Waals surface area contributed by atoms with E-state index < -0.39 is 5.54 Å². The number of nitrogens with zero attached hydrogens (tertiary/aromatic N) is 2. The van der Waals surface area contributed by atoms with Crippen LogP contribution in [0.2, 0.25) is 5.02 Å². The van der Waals surface area contributed by atoms with Gasteiger partial charge in [0.1, 0.15) is 5.54 Å². The maximum atomic E-state index is 13.1. The van der Waals surface area contributed by atoms with E-state index in [0.29, 0.717) is 37.4 Å². The molecule has 1 N–H and O–H groups in total. The van der Waals surface area contributed by atoms with Gasteiger partial charge in [-0.3, -0.25) is 14.5 Å². The lowest BCUT2D eigenvalue weighted by Gasteiger charge is -2.37. The molecule has 2 aliphatic rings. The molecule has 4 amide bonds. The molecular weight excluding hydrogens is 414 g/mol. The quantitative estimate of drug-likeness (QED) is 0.696. The Morgan fingerprint density at radius 3 is 2.32 bits per heavy atom. The molecule has 0 aliphatic carbocycles. The number of nitrogens with one attached hydrogen (secondary N) is 1. The number of aryl methyl sites for hydroxylation is 1. The van der Waals surface area contributed by atoms with Crippen LogP contribution in [-0.4, -0.2) is 46.3 Å². The number of rotatable bonds is 6. The maximum absolute atomic E-state index is 13.1. The molecule has 31 heavy (non-hydrogen) atoms. The average molecular weight is 440 g/mol. The molecule has 2 aliphatic heterocycles. The molecule has 0 bridgehead atoms. The summed E-state index contributed by atoms with van der Waals surface area (Å²) in [5, 5.41) is 3.51. The molecule has 6 nitrogen and oxygen atoms in total. The van der Waals surface area contributed by atoms with Gasteiger partial charge in [0.25, 0.3) is 5.91 Å². The minimum Gasteiger partial charge on any atom is -0.342 e. The van der Waals surface area contributed by atoms with E-state index in [4.69, 9.17) is 11.6 Å². The van der Waals surface area contributed by atoms with Crippen LogP contribution in [0.3, 0.4) is 0 Å². The molecule has 0 saturated carbocycles. The molecule has 1 spiro atoms. The predicted molar refractivity (Wildman–Crippen MR) is 118 cm³/mol. The van der Waals surface area contributed by atoms with Crippen LogP contribution >= 0.6 is 11.6 Å². The largest absolute Gasteiger partial charge is 0.342 e. The third-order valence-corrected chi connectivity index (χ3v) is 6.42. The number of benzene rings is 2. The maximum Gasteiger partial charge on any atom is 0.325 e. The van der Waals surface area contributed by atoms with Crippen LogP contribution in [0.5, 0.6) is 0 Å². The Bertz CT molecular complexity index is 954. The van der Waals surface area contributed by atoms with E-state index in [2.05, 4.69) is 17.4 Å². The Labute approximate surface area is 187 Å². The number of urea groups is 1. The highest BCUT2D eigenvalue weighted by molar-refractivity contribution is 6.30. The van der Waals surface area contributed by atoms with E-state index in [1.165, 1.54) is 10.5 Å². The Balaban J connectivity index is 1.29. The van der Waals surface area contributed by atoms with Crippen LogP contribution in [-0.2, 0) is 22.6 Å². The van der Waals surface area contributed by atoms with E-state index >= 15 is 0 Å². The average Bonchev–Trinajstić information content (AvgIpc) is 3.00. The first-order chi connectivity index (χ1) is 15.0. The molecule has 4 rings (SSSR count). The van der Waals surface area contributed by atoms with Gasteiger partial charge in [-0.1, -0.05) is 54.1 Å². The fourth-order valence-corrected chi connectivity index (χ4v) is 4.44. The van der Waals surface area contributed by atoms with E-state index in [1.54, 1.807) is 12.1 Å².